The zero-order valence-corrected chi connectivity index (χ0v) is 15.0. The van der Waals surface area contributed by atoms with E-state index in [0.29, 0.717) is 13.0 Å². The lowest BCUT2D eigenvalue weighted by Gasteiger charge is -2.26. The van der Waals surface area contributed by atoms with Crippen LogP contribution in [0, 0.1) is 0 Å². The second-order valence-corrected chi connectivity index (χ2v) is 7.47. The minimum absolute atomic E-state index is 0.157. The van der Waals surface area contributed by atoms with Crippen molar-refractivity contribution < 1.29 is 19.1 Å². The number of nitrogens with zero attached hydrogens (tertiary/aromatic N) is 1. The zero-order valence-electron chi connectivity index (χ0n) is 15.0. The standard InChI is InChI=1S/C20H25NO4/c1-20(2,3)25-19(23)9-11-21-10-8-17-15(13-21)12-18(24-17)14-4-6-16(22)7-5-14/h4-7,12,22H,8-11,13H2,1-3H3. The van der Waals surface area contributed by atoms with Gasteiger partial charge in [-0.15, -0.1) is 0 Å². The van der Waals surface area contributed by atoms with Gasteiger partial charge in [-0.3, -0.25) is 9.69 Å². The normalized spacial score (nSPS) is 15.0. The topological polar surface area (TPSA) is 62.9 Å². The van der Waals surface area contributed by atoms with Gasteiger partial charge in [0.2, 0.25) is 0 Å². The van der Waals surface area contributed by atoms with E-state index in [1.54, 1.807) is 12.1 Å². The molecule has 1 N–H and O–H groups in total. The number of aromatic hydroxyl groups is 1. The largest absolute Gasteiger partial charge is 0.508 e. The summed E-state index contributed by atoms with van der Waals surface area (Å²) in [6, 6.07) is 9.06. The van der Waals surface area contributed by atoms with Crippen molar-refractivity contribution in [1.82, 2.24) is 4.90 Å². The van der Waals surface area contributed by atoms with Gasteiger partial charge in [0.25, 0.3) is 0 Å². The van der Waals surface area contributed by atoms with E-state index in [1.165, 1.54) is 5.56 Å². The number of hydrogen-bond donors (Lipinski definition) is 1. The second-order valence-electron chi connectivity index (χ2n) is 7.47. The van der Waals surface area contributed by atoms with Crippen molar-refractivity contribution in [3.05, 3.63) is 41.7 Å². The van der Waals surface area contributed by atoms with Crippen LogP contribution in [0.1, 0.15) is 38.5 Å². The van der Waals surface area contributed by atoms with Crippen molar-refractivity contribution in [3.8, 4) is 17.1 Å². The number of rotatable bonds is 4. The smallest absolute Gasteiger partial charge is 0.307 e. The number of phenols is 1. The number of benzene rings is 1. The first-order valence-electron chi connectivity index (χ1n) is 8.65. The van der Waals surface area contributed by atoms with Gasteiger partial charge in [0.15, 0.2) is 0 Å². The fourth-order valence-electron chi connectivity index (χ4n) is 2.99. The van der Waals surface area contributed by atoms with Crippen LogP contribution in [0.15, 0.2) is 34.7 Å². The Morgan fingerprint density at radius 1 is 1.28 bits per heavy atom. The van der Waals surface area contributed by atoms with Crippen LogP contribution >= 0.6 is 0 Å². The van der Waals surface area contributed by atoms with E-state index >= 15 is 0 Å². The molecule has 1 aliphatic rings. The van der Waals surface area contributed by atoms with Gasteiger partial charge in [-0.05, 0) is 51.1 Å². The highest BCUT2D eigenvalue weighted by Crippen LogP contribution is 2.30. The molecule has 0 unspecified atom stereocenters. The Balaban J connectivity index is 1.60. The summed E-state index contributed by atoms with van der Waals surface area (Å²) in [7, 11) is 0. The van der Waals surface area contributed by atoms with Crippen molar-refractivity contribution in [3.63, 3.8) is 0 Å². The van der Waals surface area contributed by atoms with Gasteiger partial charge in [-0.1, -0.05) is 0 Å². The molecule has 25 heavy (non-hydrogen) atoms. The number of furan rings is 1. The fourth-order valence-corrected chi connectivity index (χ4v) is 2.99. The van der Waals surface area contributed by atoms with Crippen LogP contribution in [0.3, 0.4) is 0 Å². The SMILES string of the molecule is CC(C)(C)OC(=O)CCN1CCc2oc(-c3ccc(O)cc3)cc2C1. The molecule has 134 valence electrons. The number of ether oxygens (including phenoxy) is 1. The van der Waals surface area contributed by atoms with E-state index in [0.717, 1.165) is 36.6 Å². The van der Waals surface area contributed by atoms with E-state index in [2.05, 4.69) is 11.0 Å². The van der Waals surface area contributed by atoms with E-state index < -0.39 is 5.60 Å². The van der Waals surface area contributed by atoms with Crippen LogP contribution < -0.4 is 0 Å². The molecule has 0 aliphatic carbocycles. The predicted molar refractivity (Wildman–Crippen MR) is 95.3 cm³/mol. The third-order valence-electron chi connectivity index (χ3n) is 4.15. The first-order chi connectivity index (χ1) is 11.8. The minimum atomic E-state index is -0.435. The molecule has 0 radical (unpaired) electrons. The van der Waals surface area contributed by atoms with Crippen molar-refractivity contribution in [2.75, 3.05) is 13.1 Å². The third-order valence-corrected chi connectivity index (χ3v) is 4.15. The lowest BCUT2D eigenvalue weighted by molar-refractivity contribution is -0.155. The molecule has 1 aliphatic heterocycles. The Morgan fingerprint density at radius 2 is 2.00 bits per heavy atom. The van der Waals surface area contributed by atoms with Gasteiger partial charge in [0.05, 0.1) is 6.42 Å². The first-order valence-corrected chi connectivity index (χ1v) is 8.65. The van der Waals surface area contributed by atoms with E-state index in [4.69, 9.17) is 9.15 Å². The predicted octanol–water partition coefficient (Wildman–Crippen LogP) is 3.74. The summed E-state index contributed by atoms with van der Waals surface area (Å²) in [4.78, 5) is 14.1. The second kappa shape index (κ2) is 6.92. The van der Waals surface area contributed by atoms with Crippen LogP contribution in [0.4, 0.5) is 0 Å². The molecular weight excluding hydrogens is 318 g/mol. The molecule has 5 nitrogen and oxygen atoms in total. The lowest BCUT2D eigenvalue weighted by Crippen LogP contribution is -2.33. The summed E-state index contributed by atoms with van der Waals surface area (Å²) in [5.41, 5.74) is 1.68. The summed E-state index contributed by atoms with van der Waals surface area (Å²) in [5, 5.41) is 9.40. The van der Waals surface area contributed by atoms with E-state index in [1.807, 2.05) is 32.9 Å². The monoisotopic (exact) mass is 343 g/mol. The number of esters is 1. The number of carbonyl (C=O) groups excluding carboxylic acids is 1. The molecule has 0 amide bonds. The van der Waals surface area contributed by atoms with Crippen LogP contribution in [-0.4, -0.2) is 34.7 Å². The summed E-state index contributed by atoms with van der Waals surface area (Å²) >= 11 is 0. The Hall–Kier alpha value is -2.27. The van der Waals surface area contributed by atoms with Gasteiger partial charge >= 0.3 is 5.97 Å². The van der Waals surface area contributed by atoms with Gasteiger partial charge < -0.3 is 14.3 Å². The molecule has 3 rings (SSSR count). The zero-order chi connectivity index (χ0) is 18.0. The van der Waals surface area contributed by atoms with Gasteiger partial charge in [-0.25, -0.2) is 0 Å². The number of phenolic OH excluding ortho intramolecular Hbond substituents is 1. The van der Waals surface area contributed by atoms with Crippen LogP contribution in [0.2, 0.25) is 0 Å². The van der Waals surface area contributed by atoms with E-state index in [9.17, 15) is 9.90 Å². The maximum Gasteiger partial charge on any atom is 0.307 e. The highest BCUT2D eigenvalue weighted by Gasteiger charge is 2.23. The lowest BCUT2D eigenvalue weighted by atomic mass is 10.1. The highest BCUT2D eigenvalue weighted by atomic mass is 16.6. The highest BCUT2D eigenvalue weighted by molar-refractivity contribution is 5.70. The molecule has 0 bridgehead atoms. The number of hydrogen-bond acceptors (Lipinski definition) is 5. The minimum Gasteiger partial charge on any atom is -0.508 e. The Morgan fingerprint density at radius 3 is 2.68 bits per heavy atom. The van der Waals surface area contributed by atoms with Gasteiger partial charge in [-0.2, -0.15) is 0 Å². The molecule has 0 saturated carbocycles. The summed E-state index contributed by atoms with van der Waals surface area (Å²) in [6.07, 6.45) is 1.23. The molecule has 1 aromatic carbocycles. The third kappa shape index (κ3) is 4.63. The fraction of sp³-hybridized carbons (Fsp3) is 0.450. The molecule has 0 spiro atoms. The maximum atomic E-state index is 11.9. The van der Waals surface area contributed by atoms with E-state index in [-0.39, 0.29) is 11.7 Å². The molecule has 0 fully saturated rings. The Labute approximate surface area is 148 Å². The molecular formula is C20H25NO4. The summed E-state index contributed by atoms with van der Waals surface area (Å²) in [5.74, 6) is 1.92. The Bertz CT molecular complexity index is 740. The van der Waals surface area contributed by atoms with Crippen molar-refractivity contribution in [2.45, 2.75) is 45.8 Å². The van der Waals surface area contributed by atoms with Gasteiger partial charge in [0, 0.05) is 37.2 Å². The molecule has 1 aromatic heterocycles. The Kier molecular flexibility index (Phi) is 4.86. The first kappa shape index (κ1) is 17.5. The van der Waals surface area contributed by atoms with Crippen LogP contribution in [0.25, 0.3) is 11.3 Å². The van der Waals surface area contributed by atoms with Gasteiger partial charge in [0.1, 0.15) is 22.9 Å². The van der Waals surface area contributed by atoms with Crippen LogP contribution in [0.5, 0.6) is 5.75 Å². The molecule has 2 aromatic rings. The average molecular weight is 343 g/mol. The quantitative estimate of drug-likeness (QED) is 0.857. The molecule has 0 atom stereocenters. The number of carbonyl (C=O) groups is 1. The van der Waals surface area contributed by atoms with Crippen molar-refractivity contribution in [2.24, 2.45) is 0 Å². The maximum absolute atomic E-state index is 11.9. The molecule has 2 heterocycles. The van der Waals surface area contributed by atoms with Crippen molar-refractivity contribution in [1.29, 1.82) is 0 Å². The average Bonchev–Trinajstić information content (AvgIpc) is 2.95. The summed E-state index contributed by atoms with van der Waals surface area (Å²) < 4.78 is 11.3. The van der Waals surface area contributed by atoms with Crippen molar-refractivity contribution >= 4 is 5.97 Å². The number of fused-ring (bicyclic) bond motifs is 1. The molecule has 5 heteroatoms. The summed E-state index contributed by atoms with van der Waals surface area (Å²) in [6.45, 7) is 7.99. The molecule has 0 saturated heterocycles. The van der Waals surface area contributed by atoms with Crippen LogP contribution in [-0.2, 0) is 22.5 Å².